The molecular weight excluding hydrogens is 242 g/mol. The number of aromatic nitrogens is 3. The highest BCUT2D eigenvalue weighted by Gasteiger charge is 2.09. The molecule has 0 aliphatic carbocycles. The van der Waals surface area contributed by atoms with Crippen LogP contribution < -0.4 is 5.56 Å². The van der Waals surface area contributed by atoms with E-state index in [1.165, 1.54) is 6.20 Å². The second-order valence-corrected chi connectivity index (χ2v) is 4.14. The summed E-state index contributed by atoms with van der Waals surface area (Å²) in [6.07, 6.45) is 1.52. The molecule has 3 aromatic rings. The second-order valence-electron chi connectivity index (χ2n) is 3.70. The topological polar surface area (TPSA) is 70.4 Å². The molecule has 0 aliphatic rings. The molecule has 0 fully saturated rings. The third-order valence-corrected chi connectivity index (χ3v) is 2.91. The average Bonchev–Trinajstić information content (AvgIpc) is 2.72. The normalized spacial score (nSPS) is 11.4. The highest BCUT2D eigenvalue weighted by molar-refractivity contribution is 6.31. The van der Waals surface area contributed by atoms with E-state index in [0.717, 1.165) is 0 Å². The van der Waals surface area contributed by atoms with E-state index in [2.05, 4.69) is 10.1 Å². The molecule has 0 amide bonds. The van der Waals surface area contributed by atoms with Crippen LogP contribution in [0.3, 0.4) is 0 Å². The van der Waals surface area contributed by atoms with Gasteiger partial charge in [0.15, 0.2) is 0 Å². The highest BCUT2D eigenvalue weighted by Crippen LogP contribution is 2.18. The first kappa shape index (κ1) is 10.3. The first-order valence-electron chi connectivity index (χ1n) is 5.00. The Morgan fingerprint density at radius 2 is 2.29 bits per heavy atom. The van der Waals surface area contributed by atoms with Gasteiger partial charge in [-0.2, -0.15) is 5.10 Å². The monoisotopic (exact) mass is 249 g/mol. The maximum absolute atomic E-state index is 11.8. The summed E-state index contributed by atoms with van der Waals surface area (Å²) in [6, 6.07) is 4.98. The summed E-state index contributed by atoms with van der Waals surface area (Å²) in [4.78, 5) is 14.5. The van der Waals surface area contributed by atoms with Crippen molar-refractivity contribution in [1.29, 1.82) is 0 Å². The average molecular weight is 250 g/mol. The van der Waals surface area contributed by atoms with Gasteiger partial charge in [0.1, 0.15) is 5.65 Å². The van der Waals surface area contributed by atoms with Gasteiger partial charge in [0.05, 0.1) is 23.7 Å². The SMILES string of the molecule is O=c1[nH]c2c(CO)cnn2c2cc(Cl)ccc12. The summed E-state index contributed by atoms with van der Waals surface area (Å²) in [5.41, 5.74) is 1.46. The molecule has 0 radical (unpaired) electrons. The van der Waals surface area contributed by atoms with E-state index in [4.69, 9.17) is 16.7 Å². The third-order valence-electron chi connectivity index (χ3n) is 2.68. The number of hydrogen-bond acceptors (Lipinski definition) is 3. The van der Waals surface area contributed by atoms with Crippen molar-refractivity contribution in [1.82, 2.24) is 14.6 Å². The first-order valence-corrected chi connectivity index (χ1v) is 5.37. The van der Waals surface area contributed by atoms with Gasteiger partial charge in [0.2, 0.25) is 0 Å². The van der Waals surface area contributed by atoms with Crippen molar-refractivity contribution in [3.8, 4) is 0 Å². The van der Waals surface area contributed by atoms with Crippen molar-refractivity contribution in [2.45, 2.75) is 6.61 Å². The summed E-state index contributed by atoms with van der Waals surface area (Å²) in [5.74, 6) is 0. The van der Waals surface area contributed by atoms with Gasteiger partial charge in [0, 0.05) is 10.6 Å². The van der Waals surface area contributed by atoms with Crippen molar-refractivity contribution in [3.05, 3.63) is 45.3 Å². The van der Waals surface area contributed by atoms with Crippen LogP contribution >= 0.6 is 11.6 Å². The summed E-state index contributed by atoms with van der Waals surface area (Å²) in [7, 11) is 0. The Hall–Kier alpha value is -1.85. The van der Waals surface area contributed by atoms with Crippen LogP contribution in [0.15, 0.2) is 29.2 Å². The number of aliphatic hydroxyl groups is 1. The predicted octanol–water partition coefficient (Wildman–Crippen LogP) is 1.32. The van der Waals surface area contributed by atoms with Crippen LogP contribution in [0.2, 0.25) is 5.02 Å². The maximum atomic E-state index is 11.8. The number of fused-ring (bicyclic) bond motifs is 3. The molecular formula is C11H8ClN3O2. The lowest BCUT2D eigenvalue weighted by molar-refractivity contribution is 0.283. The number of aromatic amines is 1. The minimum Gasteiger partial charge on any atom is -0.391 e. The Kier molecular flexibility index (Phi) is 2.17. The fourth-order valence-electron chi connectivity index (χ4n) is 1.86. The number of aliphatic hydroxyl groups excluding tert-OH is 1. The lowest BCUT2D eigenvalue weighted by Crippen LogP contribution is -2.10. The number of halogens is 1. The zero-order valence-electron chi connectivity index (χ0n) is 8.64. The van der Waals surface area contributed by atoms with Crippen LogP contribution in [0.25, 0.3) is 16.6 Å². The van der Waals surface area contributed by atoms with E-state index in [-0.39, 0.29) is 12.2 Å². The standard InChI is InChI=1S/C11H8ClN3O2/c12-7-1-2-8-9(3-7)15-10(14-11(8)17)6(5-16)4-13-15/h1-4,16H,5H2,(H,14,17). The number of rotatable bonds is 1. The van der Waals surface area contributed by atoms with Crippen LogP contribution in [-0.4, -0.2) is 19.7 Å². The lowest BCUT2D eigenvalue weighted by atomic mass is 10.2. The zero-order valence-corrected chi connectivity index (χ0v) is 9.40. The molecule has 0 spiro atoms. The highest BCUT2D eigenvalue weighted by atomic mass is 35.5. The van der Waals surface area contributed by atoms with Crippen molar-refractivity contribution in [2.24, 2.45) is 0 Å². The Labute approximate surface area is 100 Å². The smallest absolute Gasteiger partial charge is 0.259 e. The second kappa shape index (κ2) is 3.58. The Morgan fingerprint density at radius 1 is 1.47 bits per heavy atom. The van der Waals surface area contributed by atoms with Gasteiger partial charge in [-0.1, -0.05) is 11.6 Å². The summed E-state index contributed by atoms with van der Waals surface area (Å²) in [5, 5.41) is 14.3. The van der Waals surface area contributed by atoms with E-state index in [0.29, 0.717) is 27.1 Å². The molecule has 17 heavy (non-hydrogen) atoms. The van der Waals surface area contributed by atoms with Gasteiger partial charge in [0.25, 0.3) is 5.56 Å². The van der Waals surface area contributed by atoms with Gasteiger partial charge < -0.3 is 10.1 Å². The molecule has 2 N–H and O–H groups in total. The summed E-state index contributed by atoms with van der Waals surface area (Å²) in [6.45, 7) is -0.175. The first-order chi connectivity index (χ1) is 8.20. The molecule has 1 aromatic carbocycles. The Balaban J connectivity index is 2.58. The van der Waals surface area contributed by atoms with E-state index in [1.54, 1.807) is 22.7 Å². The van der Waals surface area contributed by atoms with Crippen molar-refractivity contribution in [2.75, 3.05) is 0 Å². The molecule has 0 bridgehead atoms. The molecule has 6 heteroatoms. The van der Waals surface area contributed by atoms with E-state index < -0.39 is 0 Å². The van der Waals surface area contributed by atoms with Gasteiger partial charge in [-0.3, -0.25) is 4.79 Å². The molecule has 86 valence electrons. The fraction of sp³-hybridized carbons (Fsp3) is 0.0909. The molecule has 5 nitrogen and oxygen atoms in total. The van der Waals surface area contributed by atoms with Crippen LogP contribution in [0.5, 0.6) is 0 Å². The fourth-order valence-corrected chi connectivity index (χ4v) is 2.03. The maximum Gasteiger partial charge on any atom is 0.259 e. The molecule has 3 rings (SSSR count). The number of benzene rings is 1. The zero-order chi connectivity index (χ0) is 12.0. The van der Waals surface area contributed by atoms with Crippen LogP contribution in [0, 0.1) is 0 Å². The van der Waals surface area contributed by atoms with Gasteiger partial charge in [-0.05, 0) is 18.2 Å². The van der Waals surface area contributed by atoms with Gasteiger partial charge in [-0.15, -0.1) is 0 Å². The number of H-pyrrole nitrogens is 1. The molecule has 2 heterocycles. The van der Waals surface area contributed by atoms with E-state index in [9.17, 15) is 4.79 Å². The largest absolute Gasteiger partial charge is 0.391 e. The predicted molar refractivity (Wildman–Crippen MR) is 64.3 cm³/mol. The van der Waals surface area contributed by atoms with Crippen molar-refractivity contribution < 1.29 is 5.11 Å². The molecule has 0 atom stereocenters. The number of nitrogens with one attached hydrogen (secondary N) is 1. The summed E-state index contributed by atoms with van der Waals surface area (Å²) >= 11 is 5.91. The molecule has 0 saturated heterocycles. The lowest BCUT2D eigenvalue weighted by Gasteiger charge is -2.02. The minimum atomic E-state index is -0.223. The molecule has 0 unspecified atom stereocenters. The molecule has 0 saturated carbocycles. The quantitative estimate of drug-likeness (QED) is 0.683. The minimum absolute atomic E-state index is 0.175. The van der Waals surface area contributed by atoms with Gasteiger partial charge >= 0.3 is 0 Å². The Morgan fingerprint density at radius 3 is 3.06 bits per heavy atom. The van der Waals surface area contributed by atoms with Gasteiger partial charge in [-0.25, -0.2) is 4.52 Å². The van der Waals surface area contributed by atoms with Crippen LogP contribution in [-0.2, 0) is 6.61 Å². The van der Waals surface area contributed by atoms with Crippen molar-refractivity contribution >= 4 is 28.2 Å². The number of nitrogens with zero attached hydrogens (tertiary/aromatic N) is 2. The van der Waals surface area contributed by atoms with Crippen molar-refractivity contribution in [3.63, 3.8) is 0 Å². The van der Waals surface area contributed by atoms with E-state index >= 15 is 0 Å². The van der Waals surface area contributed by atoms with Crippen LogP contribution in [0.1, 0.15) is 5.56 Å². The third kappa shape index (κ3) is 1.44. The summed E-state index contributed by atoms with van der Waals surface area (Å²) < 4.78 is 1.56. The number of hydrogen-bond donors (Lipinski definition) is 2. The van der Waals surface area contributed by atoms with E-state index in [1.807, 2.05) is 0 Å². The molecule has 2 aromatic heterocycles. The Bertz CT molecular complexity index is 775. The molecule has 0 aliphatic heterocycles. The van der Waals surface area contributed by atoms with Crippen LogP contribution in [0.4, 0.5) is 0 Å².